The Hall–Kier alpha value is -1.39. The Kier molecular flexibility index (Phi) is 4.79. The number of hydrogen-bond acceptors (Lipinski definition) is 3. The first-order valence-electron chi connectivity index (χ1n) is 8.40. The van der Waals surface area contributed by atoms with Gasteiger partial charge >= 0.3 is 0 Å². The highest BCUT2D eigenvalue weighted by molar-refractivity contribution is 5.82. The lowest BCUT2D eigenvalue weighted by atomic mass is 9.99. The minimum absolute atomic E-state index is 0.170. The summed E-state index contributed by atoms with van der Waals surface area (Å²) in [6.45, 7) is 8.42. The van der Waals surface area contributed by atoms with Crippen molar-refractivity contribution in [2.24, 2.45) is 0 Å². The summed E-state index contributed by atoms with van der Waals surface area (Å²) in [4.78, 5) is 17.3. The number of amides is 1. The van der Waals surface area contributed by atoms with Gasteiger partial charge in [-0.15, -0.1) is 0 Å². The molecule has 0 spiro atoms. The normalized spacial score (nSPS) is 26.4. The third-order valence-electron chi connectivity index (χ3n) is 4.96. The maximum Gasteiger partial charge on any atom is 0.253 e. The number of aryl methyl sites for hydroxylation is 1. The molecular weight excluding hydrogens is 276 g/mol. The van der Waals surface area contributed by atoms with Gasteiger partial charge in [-0.1, -0.05) is 31.2 Å². The van der Waals surface area contributed by atoms with Crippen molar-refractivity contribution in [2.75, 3.05) is 32.8 Å². The number of morpholine rings is 1. The van der Waals surface area contributed by atoms with Gasteiger partial charge in [0, 0.05) is 19.6 Å². The second kappa shape index (κ2) is 6.80. The highest BCUT2D eigenvalue weighted by atomic mass is 16.5. The Morgan fingerprint density at radius 1 is 1.32 bits per heavy atom. The Labute approximate surface area is 133 Å². The van der Waals surface area contributed by atoms with Crippen molar-refractivity contribution in [3.8, 4) is 0 Å². The number of nitrogens with zero attached hydrogens (tertiary/aromatic N) is 2. The third-order valence-corrected chi connectivity index (χ3v) is 4.96. The highest BCUT2D eigenvalue weighted by Gasteiger charge is 2.36. The summed E-state index contributed by atoms with van der Waals surface area (Å²) in [5, 5.41) is 0. The van der Waals surface area contributed by atoms with E-state index in [4.69, 9.17) is 4.74 Å². The quantitative estimate of drug-likeness (QED) is 0.859. The van der Waals surface area contributed by atoms with Gasteiger partial charge in [-0.2, -0.15) is 0 Å². The van der Waals surface area contributed by atoms with Gasteiger partial charge in [-0.3, -0.25) is 9.69 Å². The Balaban J connectivity index is 1.75. The van der Waals surface area contributed by atoms with Crippen molar-refractivity contribution in [2.45, 2.75) is 38.8 Å². The molecule has 3 rings (SSSR count). The van der Waals surface area contributed by atoms with Crippen molar-refractivity contribution in [3.05, 3.63) is 35.4 Å². The van der Waals surface area contributed by atoms with Crippen LogP contribution in [0.2, 0.25) is 0 Å². The summed E-state index contributed by atoms with van der Waals surface area (Å²) in [6.07, 6.45) is 1.84. The summed E-state index contributed by atoms with van der Waals surface area (Å²) in [7, 11) is 0. The maximum absolute atomic E-state index is 12.9. The number of carbonyl (C=O) groups excluding carboxylic acids is 1. The summed E-state index contributed by atoms with van der Waals surface area (Å²) in [6, 6.07) is 8.63. The van der Waals surface area contributed by atoms with Gasteiger partial charge in [0.1, 0.15) is 6.10 Å². The van der Waals surface area contributed by atoms with E-state index >= 15 is 0 Å². The lowest BCUT2D eigenvalue weighted by molar-refractivity contribution is -0.150. The van der Waals surface area contributed by atoms with Gasteiger partial charge < -0.3 is 9.64 Å². The van der Waals surface area contributed by atoms with E-state index < -0.39 is 0 Å². The van der Waals surface area contributed by atoms with E-state index in [1.54, 1.807) is 0 Å². The average Bonchev–Trinajstić information content (AvgIpc) is 3.04. The zero-order valence-electron chi connectivity index (χ0n) is 13.6. The van der Waals surface area contributed by atoms with Crippen LogP contribution in [0.1, 0.15) is 36.9 Å². The number of rotatable bonds is 3. The Bertz CT molecular complexity index is 532. The number of likely N-dealkylation sites (tertiary alicyclic amines) is 1. The third kappa shape index (κ3) is 3.03. The summed E-state index contributed by atoms with van der Waals surface area (Å²) in [5.74, 6) is 0.170. The predicted molar refractivity (Wildman–Crippen MR) is 86.7 cm³/mol. The van der Waals surface area contributed by atoms with Crippen molar-refractivity contribution < 1.29 is 9.53 Å². The SMILES string of the molecule is CCN1CCO[C@@H](C(=O)N2CCC[C@@H]2c2ccccc2C)C1. The molecule has 2 aliphatic rings. The number of likely N-dealkylation sites (N-methyl/N-ethyl adjacent to an activating group) is 1. The molecule has 2 saturated heterocycles. The molecule has 22 heavy (non-hydrogen) atoms. The van der Waals surface area contributed by atoms with E-state index in [0.717, 1.165) is 39.0 Å². The van der Waals surface area contributed by atoms with Gasteiger partial charge in [0.25, 0.3) is 5.91 Å². The molecule has 0 saturated carbocycles. The molecule has 120 valence electrons. The molecule has 2 heterocycles. The smallest absolute Gasteiger partial charge is 0.253 e. The van der Waals surface area contributed by atoms with Gasteiger partial charge in [-0.25, -0.2) is 0 Å². The second-order valence-corrected chi connectivity index (χ2v) is 6.30. The molecule has 0 bridgehead atoms. The van der Waals surface area contributed by atoms with Crippen LogP contribution in [0.3, 0.4) is 0 Å². The molecule has 1 amide bonds. The van der Waals surface area contributed by atoms with Crippen molar-refractivity contribution >= 4 is 5.91 Å². The molecule has 2 aliphatic heterocycles. The molecule has 4 nitrogen and oxygen atoms in total. The second-order valence-electron chi connectivity index (χ2n) is 6.30. The fraction of sp³-hybridized carbons (Fsp3) is 0.611. The van der Waals surface area contributed by atoms with Crippen LogP contribution in [-0.2, 0) is 9.53 Å². The van der Waals surface area contributed by atoms with Crippen LogP contribution in [0.15, 0.2) is 24.3 Å². The Morgan fingerprint density at radius 3 is 2.91 bits per heavy atom. The lowest BCUT2D eigenvalue weighted by Gasteiger charge is -2.35. The molecule has 0 radical (unpaired) electrons. The molecular formula is C18H26N2O2. The largest absolute Gasteiger partial charge is 0.366 e. The number of benzene rings is 1. The summed E-state index contributed by atoms with van der Waals surface area (Å²) >= 11 is 0. The molecule has 1 aromatic carbocycles. The first-order valence-corrected chi connectivity index (χ1v) is 8.40. The standard InChI is InChI=1S/C18H26N2O2/c1-3-19-11-12-22-17(13-19)18(21)20-10-6-9-16(20)15-8-5-4-7-14(15)2/h4-5,7-8,16-17H,3,6,9-13H2,1-2H3/t16-,17-/m1/s1. The number of carbonyl (C=O) groups is 1. The first-order chi connectivity index (χ1) is 10.7. The zero-order chi connectivity index (χ0) is 15.5. The average molecular weight is 302 g/mol. The van der Waals surface area contributed by atoms with Gasteiger partial charge in [0.2, 0.25) is 0 Å². The lowest BCUT2D eigenvalue weighted by Crippen LogP contribution is -2.50. The van der Waals surface area contributed by atoms with Crippen LogP contribution in [0.5, 0.6) is 0 Å². The summed E-state index contributed by atoms with van der Waals surface area (Å²) < 4.78 is 5.77. The van der Waals surface area contributed by atoms with Gasteiger partial charge in [0.15, 0.2) is 0 Å². The van der Waals surface area contributed by atoms with Gasteiger partial charge in [0.05, 0.1) is 12.6 Å². The molecule has 0 aromatic heterocycles. The fourth-order valence-corrected chi connectivity index (χ4v) is 3.64. The van der Waals surface area contributed by atoms with Crippen LogP contribution in [0.25, 0.3) is 0 Å². The minimum Gasteiger partial charge on any atom is -0.366 e. The predicted octanol–water partition coefficient (Wildman–Crippen LogP) is 2.38. The minimum atomic E-state index is -0.293. The molecule has 0 N–H and O–H groups in total. The van der Waals surface area contributed by atoms with E-state index in [1.807, 2.05) is 4.90 Å². The van der Waals surface area contributed by atoms with Crippen molar-refractivity contribution in [3.63, 3.8) is 0 Å². The van der Waals surface area contributed by atoms with Crippen molar-refractivity contribution in [1.29, 1.82) is 0 Å². The molecule has 4 heteroatoms. The monoisotopic (exact) mass is 302 g/mol. The van der Waals surface area contributed by atoms with E-state index in [9.17, 15) is 4.79 Å². The van der Waals surface area contributed by atoms with Crippen LogP contribution < -0.4 is 0 Å². The molecule has 2 atom stereocenters. The topological polar surface area (TPSA) is 32.8 Å². The highest BCUT2D eigenvalue weighted by Crippen LogP contribution is 2.34. The molecule has 0 aliphatic carbocycles. The fourth-order valence-electron chi connectivity index (χ4n) is 3.64. The van der Waals surface area contributed by atoms with Crippen LogP contribution in [0.4, 0.5) is 0 Å². The van der Waals surface area contributed by atoms with E-state index in [-0.39, 0.29) is 18.1 Å². The molecule has 0 unspecified atom stereocenters. The Morgan fingerprint density at radius 2 is 2.14 bits per heavy atom. The van der Waals surface area contributed by atoms with Crippen LogP contribution >= 0.6 is 0 Å². The number of hydrogen-bond donors (Lipinski definition) is 0. The van der Waals surface area contributed by atoms with E-state index in [2.05, 4.69) is 43.0 Å². The first kappa shape index (κ1) is 15.5. The zero-order valence-corrected chi connectivity index (χ0v) is 13.6. The summed E-state index contributed by atoms with van der Waals surface area (Å²) in [5.41, 5.74) is 2.56. The number of ether oxygens (including phenoxy) is 1. The molecule has 2 fully saturated rings. The van der Waals surface area contributed by atoms with E-state index in [1.165, 1.54) is 11.1 Å². The van der Waals surface area contributed by atoms with Crippen molar-refractivity contribution in [1.82, 2.24) is 9.80 Å². The van der Waals surface area contributed by atoms with E-state index in [0.29, 0.717) is 6.61 Å². The van der Waals surface area contributed by atoms with Crippen LogP contribution in [0, 0.1) is 6.92 Å². The maximum atomic E-state index is 12.9. The van der Waals surface area contributed by atoms with Crippen LogP contribution in [-0.4, -0.2) is 54.6 Å². The van der Waals surface area contributed by atoms with Gasteiger partial charge in [-0.05, 0) is 37.4 Å². The molecule has 1 aromatic rings.